The second-order valence-electron chi connectivity index (χ2n) is 4.33. The molecule has 0 aromatic carbocycles. The highest BCUT2D eigenvalue weighted by molar-refractivity contribution is 5.67. The summed E-state index contributed by atoms with van der Waals surface area (Å²) in [5.74, 6) is 0. The van der Waals surface area contributed by atoms with Crippen LogP contribution in [0.5, 0.6) is 0 Å². The van der Waals surface area contributed by atoms with Gasteiger partial charge < -0.3 is 15.0 Å². The molecule has 15 heavy (non-hydrogen) atoms. The molecule has 0 saturated heterocycles. The zero-order valence-electron chi connectivity index (χ0n) is 9.87. The monoisotopic (exact) mass is 216 g/mol. The standard InChI is InChI=1S/C10H20N2O3/c1-10(2,3)15-9(14)12(4)7-5-6-11-8-13/h8H,5-7H2,1-4H3,(H,11,13). The maximum Gasteiger partial charge on any atom is 0.410 e. The minimum Gasteiger partial charge on any atom is -0.444 e. The molecule has 0 aromatic heterocycles. The summed E-state index contributed by atoms with van der Waals surface area (Å²) in [7, 11) is 1.68. The molecule has 0 aliphatic carbocycles. The molecule has 0 heterocycles. The molecular weight excluding hydrogens is 196 g/mol. The van der Waals surface area contributed by atoms with Crippen molar-refractivity contribution in [1.29, 1.82) is 0 Å². The van der Waals surface area contributed by atoms with Gasteiger partial charge in [-0.3, -0.25) is 4.79 Å². The van der Waals surface area contributed by atoms with Crippen molar-refractivity contribution in [2.75, 3.05) is 20.1 Å². The number of amides is 2. The predicted molar refractivity (Wildman–Crippen MR) is 57.5 cm³/mol. The second kappa shape index (κ2) is 6.27. The Labute approximate surface area is 90.8 Å². The van der Waals surface area contributed by atoms with Gasteiger partial charge in [-0.15, -0.1) is 0 Å². The molecule has 0 aliphatic heterocycles. The van der Waals surface area contributed by atoms with E-state index in [1.54, 1.807) is 7.05 Å². The average Bonchev–Trinajstić information content (AvgIpc) is 2.09. The Hall–Kier alpha value is -1.26. The van der Waals surface area contributed by atoms with Crippen LogP contribution in [0.2, 0.25) is 0 Å². The molecule has 0 rings (SSSR count). The first kappa shape index (κ1) is 13.7. The van der Waals surface area contributed by atoms with Crippen molar-refractivity contribution < 1.29 is 14.3 Å². The molecule has 0 aliphatic rings. The van der Waals surface area contributed by atoms with E-state index in [2.05, 4.69) is 5.32 Å². The van der Waals surface area contributed by atoms with Crippen molar-refractivity contribution >= 4 is 12.5 Å². The fraction of sp³-hybridized carbons (Fsp3) is 0.800. The molecular formula is C10H20N2O3. The van der Waals surface area contributed by atoms with Gasteiger partial charge >= 0.3 is 6.09 Å². The summed E-state index contributed by atoms with van der Waals surface area (Å²) in [5.41, 5.74) is -0.466. The summed E-state index contributed by atoms with van der Waals surface area (Å²) < 4.78 is 5.15. The number of hydrogen-bond donors (Lipinski definition) is 1. The quantitative estimate of drug-likeness (QED) is 0.550. The fourth-order valence-electron chi connectivity index (χ4n) is 0.908. The van der Waals surface area contributed by atoms with Crippen LogP contribution < -0.4 is 5.32 Å². The second-order valence-corrected chi connectivity index (χ2v) is 4.33. The van der Waals surface area contributed by atoms with Crippen molar-refractivity contribution in [1.82, 2.24) is 10.2 Å². The van der Waals surface area contributed by atoms with Gasteiger partial charge in [0.15, 0.2) is 0 Å². The maximum atomic E-state index is 11.4. The van der Waals surface area contributed by atoms with Crippen molar-refractivity contribution in [3.8, 4) is 0 Å². The number of nitrogens with zero attached hydrogens (tertiary/aromatic N) is 1. The van der Waals surface area contributed by atoms with Gasteiger partial charge in [0.25, 0.3) is 0 Å². The van der Waals surface area contributed by atoms with Gasteiger partial charge in [-0.05, 0) is 27.2 Å². The molecule has 0 bridgehead atoms. The molecule has 1 N–H and O–H groups in total. The van der Waals surface area contributed by atoms with Crippen LogP contribution in [-0.4, -0.2) is 43.1 Å². The Morgan fingerprint density at radius 1 is 1.47 bits per heavy atom. The molecule has 0 unspecified atom stereocenters. The maximum absolute atomic E-state index is 11.4. The van der Waals surface area contributed by atoms with Crippen molar-refractivity contribution in [2.45, 2.75) is 32.8 Å². The smallest absolute Gasteiger partial charge is 0.410 e. The van der Waals surface area contributed by atoms with Gasteiger partial charge in [-0.2, -0.15) is 0 Å². The van der Waals surface area contributed by atoms with Crippen molar-refractivity contribution in [3.63, 3.8) is 0 Å². The van der Waals surface area contributed by atoms with Crippen molar-refractivity contribution in [2.24, 2.45) is 0 Å². The van der Waals surface area contributed by atoms with Gasteiger partial charge in [0.1, 0.15) is 5.60 Å². The molecule has 0 saturated carbocycles. The van der Waals surface area contributed by atoms with E-state index in [9.17, 15) is 9.59 Å². The van der Waals surface area contributed by atoms with Crippen LogP contribution in [0.1, 0.15) is 27.2 Å². The Morgan fingerprint density at radius 3 is 2.53 bits per heavy atom. The van der Waals surface area contributed by atoms with Crippen molar-refractivity contribution in [3.05, 3.63) is 0 Å². The van der Waals surface area contributed by atoms with E-state index in [0.29, 0.717) is 25.9 Å². The molecule has 0 aromatic rings. The lowest BCUT2D eigenvalue weighted by Crippen LogP contribution is -2.35. The first-order valence-corrected chi connectivity index (χ1v) is 4.98. The van der Waals surface area contributed by atoms with Crippen LogP contribution in [0, 0.1) is 0 Å². The summed E-state index contributed by atoms with van der Waals surface area (Å²) >= 11 is 0. The minimum atomic E-state index is -0.466. The number of rotatable bonds is 5. The predicted octanol–water partition coefficient (Wildman–Crippen LogP) is 0.989. The van der Waals surface area contributed by atoms with E-state index < -0.39 is 5.60 Å². The lowest BCUT2D eigenvalue weighted by Gasteiger charge is -2.24. The van der Waals surface area contributed by atoms with Crippen LogP contribution in [0.3, 0.4) is 0 Å². The van der Waals surface area contributed by atoms with Gasteiger partial charge in [0, 0.05) is 20.1 Å². The number of nitrogens with one attached hydrogen (secondary N) is 1. The van der Waals surface area contributed by atoms with Gasteiger partial charge in [-0.1, -0.05) is 0 Å². The topological polar surface area (TPSA) is 58.6 Å². The zero-order valence-corrected chi connectivity index (χ0v) is 9.87. The van der Waals surface area contributed by atoms with Crippen LogP contribution in [-0.2, 0) is 9.53 Å². The normalized spacial score (nSPS) is 10.7. The molecule has 0 atom stereocenters. The van der Waals surface area contributed by atoms with Crippen LogP contribution in [0.15, 0.2) is 0 Å². The molecule has 0 spiro atoms. The SMILES string of the molecule is CN(CCCNC=O)C(=O)OC(C)(C)C. The highest BCUT2D eigenvalue weighted by Gasteiger charge is 2.18. The summed E-state index contributed by atoms with van der Waals surface area (Å²) in [5, 5.41) is 2.53. The van der Waals surface area contributed by atoms with E-state index in [0.717, 1.165) is 0 Å². The first-order chi connectivity index (χ1) is 6.87. The zero-order chi connectivity index (χ0) is 11.9. The lowest BCUT2D eigenvalue weighted by atomic mass is 10.2. The highest BCUT2D eigenvalue weighted by Crippen LogP contribution is 2.08. The van der Waals surface area contributed by atoms with E-state index in [-0.39, 0.29) is 6.09 Å². The lowest BCUT2D eigenvalue weighted by molar-refractivity contribution is -0.109. The molecule has 88 valence electrons. The highest BCUT2D eigenvalue weighted by atomic mass is 16.6. The molecule has 2 amide bonds. The molecule has 5 heteroatoms. The third-order valence-corrected chi connectivity index (χ3v) is 1.60. The van der Waals surface area contributed by atoms with E-state index in [1.807, 2.05) is 20.8 Å². The summed E-state index contributed by atoms with van der Waals surface area (Å²) in [6, 6.07) is 0. The van der Waals surface area contributed by atoms with E-state index >= 15 is 0 Å². The largest absolute Gasteiger partial charge is 0.444 e. The fourth-order valence-corrected chi connectivity index (χ4v) is 0.908. The van der Waals surface area contributed by atoms with Crippen LogP contribution in [0.4, 0.5) is 4.79 Å². The number of hydrogen-bond acceptors (Lipinski definition) is 3. The summed E-state index contributed by atoms with van der Waals surface area (Å²) in [6.45, 7) is 6.61. The minimum absolute atomic E-state index is 0.339. The Kier molecular flexibility index (Phi) is 5.74. The summed E-state index contributed by atoms with van der Waals surface area (Å²) in [4.78, 5) is 22.9. The van der Waals surface area contributed by atoms with E-state index in [1.165, 1.54) is 4.90 Å². The third kappa shape index (κ3) is 7.78. The van der Waals surface area contributed by atoms with Crippen LogP contribution >= 0.6 is 0 Å². The van der Waals surface area contributed by atoms with Gasteiger partial charge in [0.05, 0.1) is 0 Å². The average molecular weight is 216 g/mol. The molecule has 5 nitrogen and oxygen atoms in total. The van der Waals surface area contributed by atoms with Crippen LogP contribution in [0.25, 0.3) is 0 Å². The molecule has 0 fully saturated rings. The number of carbonyl (C=O) groups excluding carboxylic acids is 2. The van der Waals surface area contributed by atoms with Gasteiger partial charge in [-0.25, -0.2) is 4.79 Å². The third-order valence-electron chi connectivity index (χ3n) is 1.60. The Bertz CT molecular complexity index is 211. The van der Waals surface area contributed by atoms with E-state index in [4.69, 9.17) is 4.74 Å². The first-order valence-electron chi connectivity index (χ1n) is 4.98. The Balaban J connectivity index is 3.74. The summed E-state index contributed by atoms with van der Waals surface area (Å²) in [6.07, 6.45) is 1.02. The Morgan fingerprint density at radius 2 is 2.07 bits per heavy atom. The number of carbonyl (C=O) groups is 2. The molecule has 0 radical (unpaired) electrons. The number of ether oxygens (including phenoxy) is 1. The van der Waals surface area contributed by atoms with Gasteiger partial charge in [0.2, 0.25) is 6.41 Å².